The molecule has 9 heteroatoms. The normalized spacial score (nSPS) is 18.3. The molecule has 3 N–H and O–H groups in total. The summed E-state index contributed by atoms with van der Waals surface area (Å²) in [6.07, 6.45) is 2.87. The number of carbonyl (C=O) groups excluding carboxylic acids is 1. The zero-order valence-electron chi connectivity index (χ0n) is 19.8. The number of amidine groups is 1. The van der Waals surface area contributed by atoms with Crippen LogP contribution in [0, 0.1) is 12.7 Å². The van der Waals surface area contributed by atoms with Gasteiger partial charge in [-0.05, 0) is 62.6 Å². The van der Waals surface area contributed by atoms with Crippen LogP contribution in [0.25, 0.3) is 11.5 Å². The fraction of sp³-hybridized carbons (Fsp3) is 0.346. The van der Waals surface area contributed by atoms with Crippen LogP contribution < -0.4 is 11.2 Å². The highest BCUT2D eigenvalue weighted by Crippen LogP contribution is 2.27. The van der Waals surface area contributed by atoms with E-state index in [-0.39, 0.29) is 24.6 Å². The number of aromatic nitrogens is 1. The van der Waals surface area contributed by atoms with E-state index in [4.69, 9.17) is 19.6 Å². The average Bonchev–Trinajstić information content (AvgIpc) is 3.24. The molecule has 0 saturated heterocycles. The minimum absolute atomic E-state index is 0.0586. The van der Waals surface area contributed by atoms with Crippen LogP contribution in [0.5, 0.6) is 0 Å². The molecule has 1 fully saturated rings. The maximum Gasteiger partial charge on any atom is 0.338 e. The third kappa shape index (κ3) is 6.24. The topological polar surface area (TPSA) is 112 Å². The number of hydrogen-bond acceptors (Lipinski definition) is 7. The van der Waals surface area contributed by atoms with Gasteiger partial charge in [0, 0.05) is 24.6 Å². The predicted octanol–water partition coefficient (Wildman–Crippen LogP) is 4.31. The Kier molecular flexibility index (Phi) is 7.77. The number of nitrogens with zero attached hydrogens (tertiary/aromatic N) is 2. The van der Waals surface area contributed by atoms with Crippen molar-refractivity contribution < 1.29 is 23.1 Å². The van der Waals surface area contributed by atoms with Crippen molar-refractivity contribution in [1.29, 1.82) is 0 Å². The predicted molar refractivity (Wildman–Crippen MR) is 129 cm³/mol. The minimum Gasteiger partial charge on any atom is -0.459 e. The Morgan fingerprint density at radius 3 is 2.71 bits per heavy atom. The number of ether oxygens (including phenoxy) is 2. The number of nitrogens with two attached hydrogens (primary N) is 1. The fourth-order valence-electron chi connectivity index (χ4n) is 4.05. The van der Waals surface area contributed by atoms with Crippen molar-refractivity contribution in [1.82, 2.24) is 10.4 Å². The molecule has 0 aliphatic heterocycles. The summed E-state index contributed by atoms with van der Waals surface area (Å²) in [6, 6.07) is 12.9. The third-order valence-electron chi connectivity index (χ3n) is 5.92. The molecule has 1 aliphatic carbocycles. The first kappa shape index (κ1) is 24.4. The summed E-state index contributed by atoms with van der Waals surface area (Å²) < 4.78 is 30.8. The van der Waals surface area contributed by atoms with Crippen molar-refractivity contribution in [2.75, 3.05) is 7.05 Å². The van der Waals surface area contributed by atoms with Gasteiger partial charge in [-0.1, -0.05) is 12.1 Å². The molecule has 35 heavy (non-hydrogen) atoms. The second-order valence-corrected chi connectivity index (χ2v) is 8.46. The number of esters is 1. The van der Waals surface area contributed by atoms with Gasteiger partial charge in [0.25, 0.3) is 0 Å². The lowest BCUT2D eigenvalue weighted by atomic mass is 9.94. The Labute approximate surface area is 203 Å². The average molecular weight is 481 g/mol. The van der Waals surface area contributed by atoms with E-state index in [1.54, 1.807) is 43.4 Å². The summed E-state index contributed by atoms with van der Waals surface area (Å²) in [7, 11) is 1.65. The molecule has 1 aliphatic rings. The lowest BCUT2D eigenvalue weighted by Crippen LogP contribution is -2.30. The number of carbonyl (C=O) groups is 1. The van der Waals surface area contributed by atoms with Gasteiger partial charge in [-0.2, -0.15) is 5.10 Å². The fourth-order valence-corrected chi connectivity index (χ4v) is 4.05. The summed E-state index contributed by atoms with van der Waals surface area (Å²) in [5, 5.41) is 3.94. The third-order valence-corrected chi connectivity index (χ3v) is 5.92. The molecule has 0 spiro atoms. The summed E-state index contributed by atoms with van der Waals surface area (Å²) in [4.78, 5) is 17.2. The number of hydrazone groups is 1. The molecule has 0 radical (unpaired) electrons. The van der Waals surface area contributed by atoms with Crippen LogP contribution in [0.2, 0.25) is 0 Å². The molecule has 3 aromatic rings. The largest absolute Gasteiger partial charge is 0.459 e. The van der Waals surface area contributed by atoms with Crippen LogP contribution in [-0.4, -0.2) is 36.0 Å². The number of hydrogen-bond donors (Lipinski definition) is 2. The zero-order valence-corrected chi connectivity index (χ0v) is 19.8. The maximum absolute atomic E-state index is 13.2. The molecule has 1 heterocycles. The van der Waals surface area contributed by atoms with Crippen molar-refractivity contribution in [3.63, 3.8) is 0 Å². The highest BCUT2D eigenvalue weighted by atomic mass is 19.1. The van der Waals surface area contributed by atoms with E-state index >= 15 is 0 Å². The van der Waals surface area contributed by atoms with Crippen molar-refractivity contribution in [2.45, 2.75) is 51.4 Å². The first-order valence-corrected chi connectivity index (χ1v) is 11.6. The van der Waals surface area contributed by atoms with Gasteiger partial charge >= 0.3 is 5.97 Å². The molecule has 0 bridgehead atoms. The Morgan fingerprint density at radius 1 is 1.20 bits per heavy atom. The Bertz CT molecular complexity index is 1190. The van der Waals surface area contributed by atoms with Gasteiger partial charge in [0.1, 0.15) is 23.4 Å². The van der Waals surface area contributed by atoms with E-state index < -0.39 is 5.97 Å². The number of rotatable bonds is 8. The van der Waals surface area contributed by atoms with Gasteiger partial charge in [-0.3, -0.25) is 0 Å². The molecule has 2 unspecified atom stereocenters. The van der Waals surface area contributed by atoms with Gasteiger partial charge in [-0.15, -0.1) is 0 Å². The van der Waals surface area contributed by atoms with Crippen LogP contribution in [-0.2, 0) is 16.1 Å². The zero-order chi connectivity index (χ0) is 24.8. The number of nitrogens with one attached hydrogen (secondary N) is 1. The van der Waals surface area contributed by atoms with E-state index in [2.05, 4.69) is 15.5 Å². The van der Waals surface area contributed by atoms with Gasteiger partial charge in [-0.25, -0.2) is 14.2 Å². The van der Waals surface area contributed by atoms with Crippen LogP contribution in [0.4, 0.5) is 4.39 Å². The summed E-state index contributed by atoms with van der Waals surface area (Å²) in [5.41, 5.74) is 11.0. The van der Waals surface area contributed by atoms with Crippen LogP contribution in [0.15, 0.2) is 58.0 Å². The highest BCUT2D eigenvalue weighted by Gasteiger charge is 2.26. The molecule has 184 valence electrons. The van der Waals surface area contributed by atoms with Gasteiger partial charge in [0.05, 0.1) is 18.3 Å². The van der Waals surface area contributed by atoms with Gasteiger partial charge < -0.3 is 25.1 Å². The number of aryl methyl sites for hydroxylation is 1. The summed E-state index contributed by atoms with van der Waals surface area (Å²) >= 11 is 0. The van der Waals surface area contributed by atoms with Gasteiger partial charge in [0.15, 0.2) is 5.84 Å². The first-order valence-electron chi connectivity index (χ1n) is 11.6. The second-order valence-electron chi connectivity index (χ2n) is 8.46. The van der Waals surface area contributed by atoms with Crippen molar-refractivity contribution in [3.8, 4) is 11.5 Å². The smallest absolute Gasteiger partial charge is 0.338 e. The summed E-state index contributed by atoms with van der Waals surface area (Å²) in [6.45, 7) is 2.11. The molecule has 0 amide bonds. The molecule has 1 saturated carbocycles. The quantitative estimate of drug-likeness (QED) is 0.214. The lowest BCUT2D eigenvalue weighted by molar-refractivity contribution is -0.0368. The molecule has 2 atom stereocenters. The standard InChI is InChI=1S/C26H29FN4O4/c1-16-23(30-25(34-16)17-9-11-20(27)12-10-17)15-33-21-7-4-8-22(14-21)35-26(32)19-6-3-5-18(13-19)24(28)31-29-2/h3,5-6,9-13,21-22,29H,4,7-8,14-15H2,1-2H3,(H2,28,31). The Hall–Kier alpha value is -3.72. The van der Waals surface area contributed by atoms with Crippen molar-refractivity contribution in [2.24, 2.45) is 10.8 Å². The maximum atomic E-state index is 13.2. The second kappa shape index (κ2) is 11.1. The number of oxazole rings is 1. The van der Waals surface area contributed by atoms with Gasteiger partial charge in [0.2, 0.25) is 5.89 Å². The molecular weight excluding hydrogens is 451 g/mol. The first-order chi connectivity index (χ1) is 16.9. The van der Waals surface area contributed by atoms with Crippen LogP contribution in [0.1, 0.15) is 53.1 Å². The molecule has 8 nitrogen and oxygen atoms in total. The van der Waals surface area contributed by atoms with E-state index in [0.717, 1.165) is 19.3 Å². The Balaban J connectivity index is 1.33. The van der Waals surface area contributed by atoms with Crippen LogP contribution >= 0.6 is 0 Å². The molecule has 1 aromatic heterocycles. The SMILES string of the molecule is CN/N=C(\N)c1cccc(C(=O)OC2CCCC(OCc3nc(-c4ccc(F)cc4)oc3C)C2)c1. The van der Waals surface area contributed by atoms with Crippen LogP contribution in [0.3, 0.4) is 0 Å². The van der Waals surface area contributed by atoms with E-state index in [0.29, 0.717) is 46.3 Å². The minimum atomic E-state index is -0.397. The highest BCUT2D eigenvalue weighted by molar-refractivity contribution is 6.00. The molecule has 4 rings (SSSR count). The number of benzene rings is 2. The van der Waals surface area contributed by atoms with E-state index in [1.807, 2.05) is 6.92 Å². The summed E-state index contributed by atoms with van der Waals surface area (Å²) in [5.74, 6) is 0.668. The molecule has 2 aromatic carbocycles. The monoisotopic (exact) mass is 480 g/mol. The Morgan fingerprint density at radius 2 is 1.94 bits per heavy atom. The lowest BCUT2D eigenvalue weighted by Gasteiger charge is -2.28. The number of halogens is 1. The van der Waals surface area contributed by atoms with Crippen molar-refractivity contribution in [3.05, 3.63) is 76.9 Å². The van der Waals surface area contributed by atoms with Crippen molar-refractivity contribution >= 4 is 11.8 Å². The molecular formula is C26H29FN4O4. The van der Waals surface area contributed by atoms with E-state index in [1.165, 1.54) is 12.1 Å². The van der Waals surface area contributed by atoms with E-state index in [9.17, 15) is 9.18 Å².